The number of hydrogen-bond donors (Lipinski definition) is 1. The number of carbonyl (C=O) groups excluding carboxylic acids is 2. The summed E-state index contributed by atoms with van der Waals surface area (Å²) in [6, 6.07) is 7.69. The zero-order valence-electron chi connectivity index (χ0n) is 16.8. The fourth-order valence-electron chi connectivity index (χ4n) is 2.84. The number of aryl methyl sites for hydroxylation is 2. The van der Waals surface area contributed by atoms with E-state index in [2.05, 4.69) is 10.3 Å². The molecule has 0 aliphatic carbocycles. The van der Waals surface area contributed by atoms with Crippen LogP contribution in [0.25, 0.3) is 11.3 Å². The summed E-state index contributed by atoms with van der Waals surface area (Å²) in [5, 5.41) is 13.4. The molecular weight excluding hydrogens is 428 g/mol. The highest BCUT2D eigenvalue weighted by atomic mass is 19.1. The van der Waals surface area contributed by atoms with Gasteiger partial charge in [-0.25, -0.2) is 13.8 Å². The topological polar surface area (TPSA) is 125 Å². The van der Waals surface area contributed by atoms with Crippen LogP contribution < -0.4 is 5.32 Å². The molecule has 9 nitrogen and oxygen atoms in total. The Morgan fingerprint density at radius 2 is 1.88 bits per heavy atom. The molecule has 0 radical (unpaired) electrons. The van der Waals surface area contributed by atoms with Crippen LogP contribution in [-0.2, 0) is 20.7 Å². The fourth-order valence-corrected chi connectivity index (χ4v) is 2.84. The third-order valence-electron chi connectivity index (χ3n) is 4.38. The van der Waals surface area contributed by atoms with Crippen LogP contribution in [-0.4, -0.2) is 28.4 Å². The molecule has 1 amide bonds. The maximum atomic E-state index is 13.8. The number of esters is 1. The number of oxazole rings is 1. The predicted octanol–water partition coefficient (Wildman–Crippen LogP) is 3.95. The lowest BCUT2D eigenvalue weighted by Gasteiger charge is -2.09. The number of halogens is 2. The molecule has 32 heavy (non-hydrogen) atoms. The van der Waals surface area contributed by atoms with Crippen molar-refractivity contribution in [3.8, 4) is 11.3 Å². The molecule has 3 rings (SSSR count). The van der Waals surface area contributed by atoms with Crippen LogP contribution >= 0.6 is 0 Å². The largest absolute Gasteiger partial charge is 0.456 e. The fraction of sp³-hybridized carbons (Fsp3) is 0.190. The first-order chi connectivity index (χ1) is 15.3. The van der Waals surface area contributed by atoms with Crippen LogP contribution in [0.4, 0.5) is 20.2 Å². The normalized spacial score (nSPS) is 10.6. The average Bonchev–Trinajstić information content (AvgIpc) is 3.20. The van der Waals surface area contributed by atoms with E-state index in [0.29, 0.717) is 5.56 Å². The van der Waals surface area contributed by atoms with E-state index in [-0.39, 0.29) is 41.4 Å². The van der Waals surface area contributed by atoms with E-state index in [9.17, 15) is 28.5 Å². The second-order valence-corrected chi connectivity index (χ2v) is 6.65. The number of anilines is 1. The minimum absolute atomic E-state index is 0.0197. The SMILES string of the molecule is Cc1cccc([N+](=O)[O-])c1NC(=O)COC(=O)CCc1ncc(-c2c(F)cccc2F)o1. The van der Waals surface area contributed by atoms with Gasteiger partial charge in [-0.05, 0) is 24.6 Å². The van der Waals surface area contributed by atoms with Gasteiger partial charge < -0.3 is 14.5 Å². The Kier molecular flexibility index (Phi) is 6.88. The second kappa shape index (κ2) is 9.77. The Labute approximate surface area is 180 Å². The maximum absolute atomic E-state index is 13.8. The third-order valence-corrected chi connectivity index (χ3v) is 4.38. The van der Waals surface area contributed by atoms with Crippen molar-refractivity contribution >= 4 is 23.3 Å². The van der Waals surface area contributed by atoms with E-state index in [0.717, 1.165) is 18.3 Å². The summed E-state index contributed by atoms with van der Waals surface area (Å²) < 4.78 is 37.8. The molecule has 11 heteroatoms. The van der Waals surface area contributed by atoms with Gasteiger partial charge >= 0.3 is 5.97 Å². The third kappa shape index (κ3) is 5.31. The first-order valence-corrected chi connectivity index (χ1v) is 9.35. The quantitative estimate of drug-likeness (QED) is 0.316. The van der Waals surface area contributed by atoms with Gasteiger partial charge in [-0.2, -0.15) is 0 Å². The maximum Gasteiger partial charge on any atom is 0.306 e. The smallest absolute Gasteiger partial charge is 0.306 e. The van der Waals surface area contributed by atoms with E-state index in [1.54, 1.807) is 13.0 Å². The minimum Gasteiger partial charge on any atom is -0.456 e. The first-order valence-electron chi connectivity index (χ1n) is 9.35. The summed E-state index contributed by atoms with van der Waals surface area (Å²) in [7, 11) is 0. The van der Waals surface area contributed by atoms with Crippen molar-refractivity contribution in [3.05, 3.63) is 75.8 Å². The van der Waals surface area contributed by atoms with Crippen molar-refractivity contribution in [3.63, 3.8) is 0 Å². The van der Waals surface area contributed by atoms with Crippen molar-refractivity contribution < 1.29 is 32.4 Å². The van der Waals surface area contributed by atoms with Crippen LogP contribution in [0.15, 0.2) is 47.0 Å². The predicted molar refractivity (Wildman–Crippen MR) is 108 cm³/mol. The molecule has 2 aromatic carbocycles. The molecule has 0 spiro atoms. The number of aromatic nitrogens is 1. The minimum atomic E-state index is -0.813. The number of nitrogens with one attached hydrogen (secondary N) is 1. The molecule has 0 unspecified atom stereocenters. The zero-order valence-corrected chi connectivity index (χ0v) is 16.8. The molecule has 0 saturated carbocycles. The number of benzene rings is 2. The molecule has 0 bridgehead atoms. The number of ether oxygens (including phenoxy) is 1. The molecule has 1 N–H and O–H groups in total. The Morgan fingerprint density at radius 3 is 2.56 bits per heavy atom. The second-order valence-electron chi connectivity index (χ2n) is 6.65. The summed E-state index contributed by atoms with van der Waals surface area (Å²) in [6.45, 7) is 0.939. The van der Waals surface area contributed by atoms with Gasteiger partial charge in [-0.15, -0.1) is 0 Å². The molecule has 3 aromatic rings. The van der Waals surface area contributed by atoms with Crippen LogP contribution in [0.3, 0.4) is 0 Å². The summed E-state index contributed by atoms with van der Waals surface area (Å²) in [6.07, 6.45) is 0.905. The Hall–Kier alpha value is -4.15. The van der Waals surface area contributed by atoms with Crippen molar-refractivity contribution in [2.24, 2.45) is 0 Å². The van der Waals surface area contributed by atoms with Gasteiger partial charge in [-0.3, -0.25) is 19.7 Å². The van der Waals surface area contributed by atoms with Gasteiger partial charge in [0, 0.05) is 12.5 Å². The van der Waals surface area contributed by atoms with Gasteiger partial charge in [0.15, 0.2) is 18.3 Å². The average molecular weight is 445 g/mol. The highest BCUT2D eigenvalue weighted by molar-refractivity contribution is 5.95. The van der Waals surface area contributed by atoms with E-state index >= 15 is 0 Å². The Morgan fingerprint density at radius 1 is 1.19 bits per heavy atom. The Bertz CT molecular complexity index is 1160. The van der Waals surface area contributed by atoms with Crippen molar-refractivity contribution in [2.45, 2.75) is 19.8 Å². The molecule has 0 aliphatic rings. The summed E-state index contributed by atoms with van der Waals surface area (Å²) in [5.41, 5.74) is -0.150. The standard InChI is InChI=1S/C21H17F2N3O6/c1-12-4-2-7-15(26(29)30)21(12)25-17(27)11-31-19(28)9-8-18-24-10-16(32-18)20-13(22)5-3-6-14(20)23/h2-7,10H,8-9,11H2,1H3,(H,25,27). The molecule has 0 fully saturated rings. The molecule has 0 saturated heterocycles. The highest BCUT2D eigenvalue weighted by Gasteiger charge is 2.19. The number of rotatable bonds is 8. The van der Waals surface area contributed by atoms with E-state index in [1.807, 2.05) is 0 Å². The monoisotopic (exact) mass is 445 g/mol. The molecule has 0 atom stereocenters. The lowest BCUT2D eigenvalue weighted by molar-refractivity contribution is -0.384. The number of carbonyl (C=O) groups is 2. The van der Waals surface area contributed by atoms with Gasteiger partial charge in [0.25, 0.3) is 11.6 Å². The Balaban J connectivity index is 1.52. The van der Waals surface area contributed by atoms with Crippen molar-refractivity contribution in [2.75, 3.05) is 11.9 Å². The van der Waals surface area contributed by atoms with E-state index in [4.69, 9.17) is 9.15 Å². The first kappa shape index (κ1) is 22.5. The van der Waals surface area contributed by atoms with Gasteiger partial charge in [-0.1, -0.05) is 18.2 Å². The summed E-state index contributed by atoms with van der Waals surface area (Å²) in [4.78, 5) is 38.3. The van der Waals surface area contributed by atoms with Crippen molar-refractivity contribution in [1.82, 2.24) is 4.98 Å². The number of hydrogen-bond acceptors (Lipinski definition) is 7. The molecule has 1 aromatic heterocycles. The van der Waals surface area contributed by atoms with Crippen LogP contribution in [0, 0.1) is 28.7 Å². The number of nitro benzene ring substituents is 1. The number of para-hydroxylation sites is 1. The van der Waals surface area contributed by atoms with E-state index in [1.165, 1.54) is 18.2 Å². The van der Waals surface area contributed by atoms with Gasteiger partial charge in [0.1, 0.15) is 17.3 Å². The zero-order chi connectivity index (χ0) is 23.3. The van der Waals surface area contributed by atoms with Crippen LogP contribution in [0.2, 0.25) is 0 Å². The summed E-state index contributed by atoms with van der Waals surface area (Å²) in [5.74, 6) is -3.19. The molecular formula is C21H17F2N3O6. The molecule has 0 aliphatic heterocycles. The molecule has 166 valence electrons. The van der Waals surface area contributed by atoms with E-state index < -0.39 is 35.0 Å². The van der Waals surface area contributed by atoms with Crippen molar-refractivity contribution in [1.29, 1.82) is 0 Å². The lowest BCUT2D eigenvalue weighted by Crippen LogP contribution is -2.22. The highest BCUT2D eigenvalue weighted by Crippen LogP contribution is 2.28. The van der Waals surface area contributed by atoms with Crippen LogP contribution in [0.5, 0.6) is 0 Å². The summed E-state index contributed by atoms with van der Waals surface area (Å²) >= 11 is 0. The van der Waals surface area contributed by atoms with Crippen LogP contribution in [0.1, 0.15) is 17.9 Å². The number of nitrogens with zero attached hydrogens (tertiary/aromatic N) is 2. The number of amides is 1. The number of nitro groups is 1. The molecule has 1 heterocycles. The lowest BCUT2D eigenvalue weighted by atomic mass is 10.1. The van der Waals surface area contributed by atoms with Gasteiger partial charge in [0.2, 0.25) is 0 Å². The van der Waals surface area contributed by atoms with Gasteiger partial charge in [0.05, 0.1) is 23.1 Å².